The first kappa shape index (κ1) is 12.9. The SMILES string of the molecule is NC(=S)C1(C(=O)Nc2cc(F)ccc2F)CCC1. The van der Waals surface area contributed by atoms with E-state index in [1.165, 1.54) is 0 Å². The minimum absolute atomic E-state index is 0.100. The van der Waals surface area contributed by atoms with Crippen molar-refractivity contribution >= 4 is 28.8 Å². The third kappa shape index (κ3) is 2.08. The van der Waals surface area contributed by atoms with E-state index in [0.29, 0.717) is 12.8 Å². The van der Waals surface area contributed by atoms with Crippen molar-refractivity contribution in [2.75, 3.05) is 5.32 Å². The molecule has 18 heavy (non-hydrogen) atoms. The molecule has 0 saturated heterocycles. The normalized spacial score (nSPS) is 16.8. The van der Waals surface area contributed by atoms with Gasteiger partial charge in [0.2, 0.25) is 5.91 Å². The summed E-state index contributed by atoms with van der Waals surface area (Å²) in [6.45, 7) is 0. The molecule has 1 saturated carbocycles. The van der Waals surface area contributed by atoms with E-state index < -0.39 is 23.0 Å². The van der Waals surface area contributed by atoms with Gasteiger partial charge in [0.25, 0.3) is 0 Å². The van der Waals surface area contributed by atoms with E-state index in [4.69, 9.17) is 18.0 Å². The molecule has 0 aliphatic heterocycles. The van der Waals surface area contributed by atoms with Crippen molar-refractivity contribution < 1.29 is 13.6 Å². The molecule has 1 aromatic rings. The molecular formula is C12H12F2N2OS. The maximum absolute atomic E-state index is 13.4. The Balaban J connectivity index is 2.21. The predicted octanol–water partition coefficient (Wildman–Crippen LogP) is 2.36. The molecule has 1 aliphatic rings. The van der Waals surface area contributed by atoms with Crippen molar-refractivity contribution in [1.82, 2.24) is 0 Å². The van der Waals surface area contributed by atoms with Gasteiger partial charge in [0.1, 0.15) is 11.6 Å². The summed E-state index contributed by atoms with van der Waals surface area (Å²) in [6, 6.07) is 2.87. The van der Waals surface area contributed by atoms with Gasteiger partial charge in [-0.25, -0.2) is 8.78 Å². The van der Waals surface area contributed by atoms with Crippen molar-refractivity contribution in [1.29, 1.82) is 0 Å². The van der Waals surface area contributed by atoms with Crippen LogP contribution < -0.4 is 11.1 Å². The second-order valence-electron chi connectivity index (χ2n) is 4.38. The van der Waals surface area contributed by atoms with Gasteiger partial charge in [0.05, 0.1) is 16.1 Å². The number of benzene rings is 1. The van der Waals surface area contributed by atoms with Crippen molar-refractivity contribution in [2.45, 2.75) is 19.3 Å². The molecule has 0 bridgehead atoms. The topological polar surface area (TPSA) is 55.1 Å². The fraction of sp³-hybridized carbons (Fsp3) is 0.333. The summed E-state index contributed by atoms with van der Waals surface area (Å²) in [5, 5.41) is 2.35. The third-order valence-electron chi connectivity index (χ3n) is 3.29. The number of anilines is 1. The Hall–Kier alpha value is -1.56. The summed E-state index contributed by atoms with van der Waals surface area (Å²) in [5.74, 6) is -1.78. The molecule has 3 N–H and O–H groups in total. The van der Waals surface area contributed by atoms with Crippen molar-refractivity contribution in [3.63, 3.8) is 0 Å². The summed E-state index contributed by atoms with van der Waals surface area (Å²) in [7, 11) is 0. The number of nitrogens with one attached hydrogen (secondary N) is 1. The van der Waals surface area contributed by atoms with Crippen LogP contribution in [0.15, 0.2) is 18.2 Å². The van der Waals surface area contributed by atoms with Crippen LogP contribution in [0, 0.1) is 17.0 Å². The van der Waals surface area contributed by atoms with E-state index in [2.05, 4.69) is 5.32 Å². The highest BCUT2D eigenvalue weighted by atomic mass is 32.1. The van der Waals surface area contributed by atoms with E-state index in [0.717, 1.165) is 24.6 Å². The minimum Gasteiger partial charge on any atom is -0.392 e. The second-order valence-corrected chi connectivity index (χ2v) is 4.82. The molecule has 0 heterocycles. The fourth-order valence-electron chi connectivity index (χ4n) is 1.95. The zero-order valence-electron chi connectivity index (χ0n) is 9.50. The average Bonchev–Trinajstić information content (AvgIpc) is 2.21. The Kier molecular flexibility index (Phi) is 3.30. The lowest BCUT2D eigenvalue weighted by Gasteiger charge is -2.39. The number of amides is 1. The van der Waals surface area contributed by atoms with E-state index >= 15 is 0 Å². The van der Waals surface area contributed by atoms with Gasteiger partial charge in [-0.2, -0.15) is 0 Å². The van der Waals surface area contributed by atoms with Crippen LogP contribution in [-0.4, -0.2) is 10.9 Å². The molecule has 1 aliphatic carbocycles. The van der Waals surface area contributed by atoms with E-state index in [9.17, 15) is 13.6 Å². The highest BCUT2D eigenvalue weighted by molar-refractivity contribution is 7.80. The Labute approximate surface area is 108 Å². The third-order valence-corrected chi connectivity index (χ3v) is 3.68. The largest absolute Gasteiger partial charge is 0.392 e. The van der Waals surface area contributed by atoms with Gasteiger partial charge in [-0.3, -0.25) is 4.79 Å². The van der Waals surface area contributed by atoms with Crippen molar-refractivity contribution in [3.05, 3.63) is 29.8 Å². The van der Waals surface area contributed by atoms with Crippen LogP contribution in [0.2, 0.25) is 0 Å². The summed E-state index contributed by atoms with van der Waals surface area (Å²) < 4.78 is 26.4. The Morgan fingerprint density at radius 2 is 2.06 bits per heavy atom. The smallest absolute Gasteiger partial charge is 0.237 e. The molecule has 1 fully saturated rings. The molecular weight excluding hydrogens is 258 g/mol. The van der Waals surface area contributed by atoms with Gasteiger partial charge >= 0.3 is 0 Å². The number of hydrogen-bond donors (Lipinski definition) is 2. The summed E-state index contributed by atoms with van der Waals surface area (Å²) in [6.07, 6.45) is 1.94. The maximum Gasteiger partial charge on any atom is 0.237 e. The standard InChI is InChI=1S/C12H12F2N2OS/c13-7-2-3-8(14)9(6-7)16-11(17)12(10(15)18)4-1-5-12/h2-3,6H,1,4-5H2,(H2,15,18)(H,16,17). The van der Waals surface area contributed by atoms with Gasteiger partial charge in [-0.15, -0.1) is 0 Å². The molecule has 1 aromatic carbocycles. The van der Waals surface area contributed by atoms with Gasteiger partial charge in [0.15, 0.2) is 0 Å². The highest BCUT2D eigenvalue weighted by Crippen LogP contribution is 2.42. The first-order chi connectivity index (χ1) is 8.45. The molecule has 0 spiro atoms. The van der Waals surface area contributed by atoms with Gasteiger partial charge < -0.3 is 11.1 Å². The van der Waals surface area contributed by atoms with E-state index in [1.54, 1.807) is 0 Å². The van der Waals surface area contributed by atoms with Crippen molar-refractivity contribution in [2.24, 2.45) is 11.1 Å². The molecule has 3 nitrogen and oxygen atoms in total. The quantitative estimate of drug-likeness (QED) is 0.829. The summed E-state index contributed by atoms with van der Waals surface area (Å²) >= 11 is 4.88. The lowest BCUT2D eigenvalue weighted by molar-refractivity contribution is -0.125. The van der Waals surface area contributed by atoms with Gasteiger partial charge in [-0.05, 0) is 25.0 Å². The Morgan fingerprint density at radius 3 is 2.56 bits per heavy atom. The fourth-order valence-corrected chi connectivity index (χ4v) is 2.25. The number of carbonyl (C=O) groups is 1. The molecule has 1 amide bonds. The van der Waals surface area contributed by atoms with Crippen LogP contribution in [0.1, 0.15) is 19.3 Å². The molecule has 0 unspecified atom stereocenters. The molecule has 2 rings (SSSR count). The zero-order valence-corrected chi connectivity index (χ0v) is 10.3. The van der Waals surface area contributed by atoms with Crippen LogP contribution in [-0.2, 0) is 4.79 Å². The Morgan fingerprint density at radius 1 is 1.39 bits per heavy atom. The number of carbonyl (C=O) groups excluding carboxylic acids is 1. The number of halogens is 2. The first-order valence-electron chi connectivity index (χ1n) is 5.52. The minimum atomic E-state index is -0.909. The van der Waals surface area contributed by atoms with Crippen LogP contribution in [0.3, 0.4) is 0 Å². The summed E-state index contributed by atoms with van der Waals surface area (Å²) in [4.78, 5) is 12.2. The van der Waals surface area contributed by atoms with Gasteiger partial charge in [-0.1, -0.05) is 18.6 Å². The molecule has 6 heteroatoms. The van der Waals surface area contributed by atoms with Gasteiger partial charge in [0, 0.05) is 6.07 Å². The first-order valence-corrected chi connectivity index (χ1v) is 5.93. The maximum atomic E-state index is 13.4. The van der Waals surface area contributed by atoms with Crippen LogP contribution in [0.4, 0.5) is 14.5 Å². The molecule has 0 atom stereocenters. The Bertz CT molecular complexity index is 515. The zero-order chi connectivity index (χ0) is 13.3. The van der Waals surface area contributed by atoms with Crippen LogP contribution in [0.25, 0.3) is 0 Å². The molecule has 96 valence electrons. The summed E-state index contributed by atoms with van der Waals surface area (Å²) in [5.41, 5.74) is 4.46. The van der Waals surface area contributed by atoms with Crippen LogP contribution >= 0.6 is 12.2 Å². The van der Waals surface area contributed by atoms with Crippen LogP contribution in [0.5, 0.6) is 0 Å². The highest BCUT2D eigenvalue weighted by Gasteiger charge is 2.47. The van der Waals surface area contributed by atoms with E-state index in [-0.39, 0.29) is 10.7 Å². The predicted molar refractivity (Wildman–Crippen MR) is 68.1 cm³/mol. The van der Waals surface area contributed by atoms with E-state index in [1.807, 2.05) is 0 Å². The number of thiocarbonyl (C=S) groups is 1. The number of nitrogens with two attached hydrogens (primary N) is 1. The lowest BCUT2D eigenvalue weighted by Crippen LogP contribution is -2.50. The van der Waals surface area contributed by atoms with Crippen molar-refractivity contribution in [3.8, 4) is 0 Å². The molecule has 0 radical (unpaired) electrons. The lowest BCUT2D eigenvalue weighted by atomic mass is 9.68. The second kappa shape index (κ2) is 4.61. The molecule has 0 aromatic heterocycles. The average molecular weight is 270 g/mol. The number of hydrogen-bond acceptors (Lipinski definition) is 2. The monoisotopic (exact) mass is 270 g/mol. The number of rotatable bonds is 3.